The van der Waals surface area contributed by atoms with E-state index in [9.17, 15) is 5.11 Å². The highest BCUT2D eigenvalue weighted by atomic mass is 32.1. The fourth-order valence-corrected chi connectivity index (χ4v) is 5.74. The van der Waals surface area contributed by atoms with E-state index < -0.39 is 0 Å². The van der Waals surface area contributed by atoms with Crippen LogP contribution in [0.25, 0.3) is 16.5 Å². The molecule has 0 amide bonds. The number of aromatic hydroxyl groups is 1. The minimum absolute atomic E-state index is 0.0550. The van der Waals surface area contributed by atoms with E-state index in [0.29, 0.717) is 16.5 Å². The van der Waals surface area contributed by atoms with E-state index in [2.05, 4.69) is 74.5 Å². The van der Waals surface area contributed by atoms with E-state index in [0.717, 1.165) is 43.2 Å². The summed E-state index contributed by atoms with van der Waals surface area (Å²) in [6.07, 6.45) is 1.60. The predicted molar refractivity (Wildman–Crippen MR) is 132 cm³/mol. The van der Waals surface area contributed by atoms with Gasteiger partial charge in [0, 0.05) is 32.7 Å². The molecular formula is C26H25N5O2S. The molecule has 1 fully saturated rings. The Morgan fingerprint density at radius 2 is 1.65 bits per heavy atom. The first-order chi connectivity index (χ1) is 16.8. The number of fused-ring (bicyclic) bond motifs is 1. The van der Waals surface area contributed by atoms with Crippen LogP contribution in [0.3, 0.4) is 0 Å². The molecule has 0 aliphatic carbocycles. The topological polar surface area (TPSA) is 70.0 Å². The van der Waals surface area contributed by atoms with E-state index in [1.165, 1.54) is 21.4 Å². The molecule has 4 heterocycles. The molecule has 0 spiro atoms. The summed E-state index contributed by atoms with van der Waals surface area (Å²) < 4.78 is 6.95. The Kier molecular flexibility index (Phi) is 5.62. The average Bonchev–Trinajstić information content (AvgIpc) is 3.61. The number of hydrogen-bond donors (Lipinski definition) is 1. The molecule has 6 rings (SSSR count). The van der Waals surface area contributed by atoms with Gasteiger partial charge in [-0.05, 0) is 23.3 Å². The number of rotatable bonds is 6. The molecule has 8 heteroatoms. The Bertz CT molecular complexity index is 1360. The highest BCUT2D eigenvalue weighted by molar-refractivity contribution is 7.17. The zero-order chi connectivity index (χ0) is 22.9. The Hall–Kier alpha value is -3.46. The second-order valence-electron chi connectivity index (χ2n) is 8.51. The normalized spacial score (nSPS) is 16.2. The van der Waals surface area contributed by atoms with Gasteiger partial charge in [-0.2, -0.15) is 9.50 Å². The van der Waals surface area contributed by atoms with Gasteiger partial charge in [0.15, 0.2) is 5.76 Å². The molecule has 7 nitrogen and oxygen atoms in total. The third-order valence-electron chi connectivity index (χ3n) is 6.33. The van der Waals surface area contributed by atoms with Gasteiger partial charge in [-0.3, -0.25) is 9.80 Å². The van der Waals surface area contributed by atoms with E-state index in [4.69, 9.17) is 4.42 Å². The van der Waals surface area contributed by atoms with Crippen molar-refractivity contribution in [2.45, 2.75) is 12.6 Å². The molecule has 1 aliphatic heterocycles. The van der Waals surface area contributed by atoms with Gasteiger partial charge >= 0.3 is 0 Å². The van der Waals surface area contributed by atoms with E-state index in [1.807, 2.05) is 12.1 Å². The molecule has 1 N–H and O–H groups in total. The lowest BCUT2D eigenvalue weighted by atomic mass is 10.0. The van der Waals surface area contributed by atoms with Crippen LogP contribution in [0.2, 0.25) is 0 Å². The van der Waals surface area contributed by atoms with Crippen molar-refractivity contribution in [3.63, 3.8) is 0 Å². The molecule has 0 saturated carbocycles. The largest absolute Gasteiger partial charge is 0.492 e. The molecule has 1 atom stereocenters. The monoisotopic (exact) mass is 471 g/mol. The zero-order valence-electron chi connectivity index (χ0n) is 18.6. The standard InChI is InChI=1S/C26H25N5O2S/c32-25-23(34-26-27-24(28-31(25)26)21-12-7-17-33-21)22(20-10-5-2-6-11-20)30-15-13-29(14-16-30)18-19-8-3-1-4-9-19/h1-12,17,22,32H,13-16,18H2/t22-/m1/s1. The summed E-state index contributed by atoms with van der Waals surface area (Å²) >= 11 is 1.48. The number of thiazole rings is 1. The number of nitrogens with zero attached hydrogens (tertiary/aromatic N) is 5. The Balaban J connectivity index is 1.28. The SMILES string of the molecule is Oc1c([C@@H](c2ccccc2)N2CCN(Cc3ccccc3)CC2)sc2nc(-c3ccco3)nn12. The molecule has 0 radical (unpaired) electrons. The lowest BCUT2D eigenvalue weighted by Gasteiger charge is -2.39. The number of piperazine rings is 1. The number of aromatic nitrogens is 3. The maximum absolute atomic E-state index is 11.2. The Morgan fingerprint density at radius 1 is 0.912 bits per heavy atom. The van der Waals surface area contributed by atoms with E-state index in [1.54, 1.807) is 12.3 Å². The first-order valence-electron chi connectivity index (χ1n) is 11.4. The Labute approximate surface area is 201 Å². The molecular weight excluding hydrogens is 446 g/mol. The summed E-state index contributed by atoms with van der Waals surface area (Å²) in [4.78, 5) is 11.1. The number of benzene rings is 2. The first-order valence-corrected chi connectivity index (χ1v) is 12.3. The minimum Gasteiger partial charge on any atom is -0.492 e. The number of hydrogen-bond acceptors (Lipinski definition) is 7. The van der Waals surface area contributed by atoms with Gasteiger partial charge < -0.3 is 9.52 Å². The van der Waals surface area contributed by atoms with Crippen LogP contribution >= 0.6 is 11.3 Å². The van der Waals surface area contributed by atoms with Crippen molar-refractivity contribution >= 4 is 16.3 Å². The maximum atomic E-state index is 11.2. The van der Waals surface area contributed by atoms with Gasteiger partial charge in [-0.15, -0.1) is 5.10 Å². The van der Waals surface area contributed by atoms with Gasteiger partial charge in [-0.1, -0.05) is 72.0 Å². The maximum Gasteiger partial charge on any atom is 0.230 e. The molecule has 0 bridgehead atoms. The first kappa shape index (κ1) is 21.1. The van der Waals surface area contributed by atoms with E-state index >= 15 is 0 Å². The molecule has 3 aromatic heterocycles. The Morgan fingerprint density at radius 3 is 2.32 bits per heavy atom. The van der Waals surface area contributed by atoms with Crippen LogP contribution in [0, 0.1) is 0 Å². The lowest BCUT2D eigenvalue weighted by molar-refractivity contribution is 0.105. The van der Waals surface area contributed by atoms with Crippen LogP contribution in [-0.2, 0) is 6.54 Å². The fraction of sp³-hybridized carbons (Fsp3) is 0.231. The summed E-state index contributed by atoms with van der Waals surface area (Å²) in [6.45, 7) is 4.74. The fourth-order valence-electron chi connectivity index (χ4n) is 4.62. The van der Waals surface area contributed by atoms with Crippen LogP contribution in [0.4, 0.5) is 0 Å². The summed E-state index contributed by atoms with van der Waals surface area (Å²) in [5.41, 5.74) is 2.50. The second-order valence-corrected chi connectivity index (χ2v) is 9.52. The van der Waals surface area contributed by atoms with Crippen LogP contribution in [0.15, 0.2) is 83.5 Å². The van der Waals surface area contributed by atoms with Crippen molar-refractivity contribution < 1.29 is 9.52 Å². The molecule has 5 aromatic rings. The van der Waals surface area contributed by atoms with Crippen molar-refractivity contribution in [1.29, 1.82) is 0 Å². The third kappa shape index (κ3) is 4.00. The van der Waals surface area contributed by atoms with Crippen molar-refractivity contribution in [1.82, 2.24) is 24.4 Å². The van der Waals surface area contributed by atoms with Gasteiger partial charge in [0.25, 0.3) is 0 Å². The quantitative estimate of drug-likeness (QED) is 0.388. The van der Waals surface area contributed by atoms with Crippen molar-refractivity contribution in [2.24, 2.45) is 0 Å². The predicted octanol–water partition coefficient (Wildman–Crippen LogP) is 4.66. The zero-order valence-corrected chi connectivity index (χ0v) is 19.4. The molecule has 1 saturated heterocycles. The molecule has 2 aromatic carbocycles. The minimum atomic E-state index is -0.0550. The van der Waals surface area contributed by atoms with Gasteiger partial charge in [-0.25, -0.2) is 0 Å². The van der Waals surface area contributed by atoms with Gasteiger partial charge in [0.05, 0.1) is 17.2 Å². The van der Waals surface area contributed by atoms with Crippen LogP contribution in [0.5, 0.6) is 5.88 Å². The highest BCUT2D eigenvalue weighted by Crippen LogP contribution is 2.40. The number of furan rings is 1. The lowest BCUT2D eigenvalue weighted by Crippen LogP contribution is -2.47. The van der Waals surface area contributed by atoms with Crippen LogP contribution < -0.4 is 0 Å². The average molecular weight is 472 g/mol. The second kappa shape index (κ2) is 9.06. The smallest absolute Gasteiger partial charge is 0.230 e. The molecule has 34 heavy (non-hydrogen) atoms. The summed E-state index contributed by atoms with van der Waals surface area (Å²) in [7, 11) is 0. The van der Waals surface area contributed by atoms with Gasteiger partial charge in [0.2, 0.25) is 16.7 Å². The summed E-state index contributed by atoms with van der Waals surface area (Å²) in [6, 6.07) is 24.6. The van der Waals surface area contributed by atoms with E-state index in [-0.39, 0.29) is 11.9 Å². The molecule has 0 unspecified atom stereocenters. The van der Waals surface area contributed by atoms with Crippen molar-refractivity contribution in [3.05, 3.63) is 95.1 Å². The summed E-state index contributed by atoms with van der Waals surface area (Å²) in [5.74, 6) is 1.21. The van der Waals surface area contributed by atoms with Crippen molar-refractivity contribution in [2.75, 3.05) is 26.2 Å². The summed E-state index contributed by atoms with van der Waals surface area (Å²) in [5, 5.41) is 15.7. The third-order valence-corrected chi connectivity index (χ3v) is 7.40. The molecule has 172 valence electrons. The van der Waals surface area contributed by atoms with Crippen LogP contribution in [0.1, 0.15) is 22.0 Å². The molecule has 1 aliphatic rings. The van der Waals surface area contributed by atoms with Crippen LogP contribution in [-0.4, -0.2) is 55.7 Å². The highest BCUT2D eigenvalue weighted by Gasteiger charge is 2.32. The van der Waals surface area contributed by atoms with Crippen molar-refractivity contribution in [3.8, 4) is 17.5 Å². The van der Waals surface area contributed by atoms with Gasteiger partial charge in [0.1, 0.15) is 0 Å².